The molecule has 0 aliphatic carbocycles. The highest BCUT2D eigenvalue weighted by atomic mass is 16.5. The Morgan fingerprint density at radius 3 is 2.32 bits per heavy atom. The number of hydrogen-bond donors (Lipinski definition) is 2. The number of benzene rings is 2. The molecule has 1 amide bonds. The van der Waals surface area contributed by atoms with E-state index in [4.69, 9.17) is 9.84 Å². The molecule has 0 aliphatic rings. The van der Waals surface area contributed by atoms with E-state index in [1.807, 2.05) is 13.0 Å². The fourth-order valence-corrected chi connectivity index (χ4v) is 2.04. The number of anilines is 1. The molecule has 0 radical (unpaired) electrons. The zero-order chi connectivity index (χ0) is 18.2. The number of carboxylic acids is 1. The van der Waals surface area contributed by atoms with E-state index in [-0.39, 0.29) is 11.1 Å². The number of aromatic carboxylic acids is 1. The largest absolute Gasteiger partial charge is 0.494 e. The van der Waals surface area contributed by atoms with E-state index in [1.165, 1.54) is 30.3 Å². The number of hydrogen-bond acceptors (Lipinski definition) is 4. The molecule has 2 aromatic rings. The van der Waals surface area contributed by atoms with Gasteiger partial charge in [0.25, 0.3) is 5.91 Å². The van der Waals surface area contributed by atoms with Crippen LogP contribution < -0.4 is 10.1 Å². The van der Waals surface area contributed by atoms with E-state index in [2.05, 4.69) is 5.32 Å². The van der Waals surface area contributed by atoms with Gasteiger partial charge in [-0.15, -0.1) is 0 Å². The third-order valence-electron chi connectivity index (χ3n) is 3.26. The van der Waals surface area contributed by atoms with Gasteiger partial charge < -0.3 is 15.2 Å². The van der Waals surface area contributed by atoms with Crippen molar-refractivity contribution in [2.45, 2.75) is 6.92 Å². The van der Waals surface area contributed by atoms with E-state index in [0.29, 0.717) is 23.6 Å². The Morgan fingerprint density at radius 2 is 1.80 bits per heavy atom. The Hall–Kier alpha value is -3.59. The van der Waals surface area contributed by atoms with Gasteiger partial charge in [-0.1, -0.05) is 12.1 Å². The summed E-state index contributed by atoms with van der Waals surface area (Å²) in [5.74, 6) is -0.895. The van der Waals surface area contributed by atoms with E-state index in [9.17, 15) is 14.9 Å². The van der Waals surface area contributed by atoms with Crippen LogP contribution in [0.2, 0.25) is 0 Å². The van der Waals surface area contributed by atoms with Crippen molar-refractivity contribution in [3.63, 3.8) is 0 Å². The second-order valence-electron chi connectivity index (χ2n) is 5.01. The van der Waals surface area contributed by atoms with Gasteiger partial charge >= 0.3 is 5.97 Å². The predicted octanol–water partition coefficient (Wildman–Crippen LogP) is 3.33. The quantitative estimate of drug-likeness (QED) is 0.622. The Kier molecular flexibility index (Phi) is 5.91. The van der Waals surface area contributed by atoms with Gasteiger partial charge in [0.05, 0.1) is 12.2 Å². The summed E-state index contributed by atoms with van der Waals surface area (Å²) in [5, 5.41) is 20.7. The van der Waals surface area contributed by atoms with Crippen LogP contribution in [0.1, 0.15) is 22.8 Å². The van der Waals surface area contributed by atoms with Crippen molar-refractivity contribution in [3.8, 4) is 11.8 Å². The van der Waals surface area contributed by atoms with Gasteiger partial charge in [-0.05, 0) is 55.0 Å². The molecule has 2 aromatic carbocycles. The lowest BCUT2D eigenvalue weighted by Crippen LogP contribution is -2.13. The minimum Gasteiger partial charge on any atom is -0.494 e. The number of carbonyl (C=O) groups excluding carboxylic acids is 1. The molecule has 6 heteroatoms. The number of rotatable bonds is 6. The minimum absolute atomic E-state index is 0.0861. The van der Waals surface area contributed by atoms with Crippen LogP contribution in [-0.2, 0) is 4.79 Å². The average molecular weight is 336 g/mol. The Morgan fingerprint density at radius 1 is 1.16 bits per heavy atom. The summed E-state index contributed by atoms with van der Waals surface area (Å²) < 4.78 is 5.32. The van der Waals surface area contributed by atoms with Crippen molar-refractivity contribution in [1.29, 1.82) is 5.26 Å². The van der Waals surface area contributed by atoms with Crippen molar-refractivity contribution in [2.24, 2.45) is 0 Å². The molecule has 6 nitrogen and oxygen atoms in total. The molecular formula is C19H16N2O4. The highest BCUT2D eigenvalue weighted by molar-refractivity contribution is 6.09. The smallest absolute Gasteiger partial charge is 0.335 e. The SMILES string of the molecule is CCOc1ccc(NC(=O)/C(C#N)=C\c2ccc(C(=O)O)cc2)cc1. The summed E-state index contributed by atoms with van der Waals surface area (Å²) in [7, 11) is 0. The van der Waals surface area contributed by atoms with Crippen LogP contribution in [-0.4, -0.2) is 23.6 Å². The second-order valence-corrected chi connectivity index (χ2v) is 5.01. The van der Waals surface area contributed by atoms with Crippen LogP contribution in [0.3, 0.4) is 0 Å². The van der Waals surface area contributed by atoms with Crippen LogP contribution in [0.5, 0.6) is 5.75 Å². The third kappa shape index (κ3) is 4.94. The third-order valence-corrected chi connectivity index (χ3v) is 3.26. The predicted molar refractivity (Wildman–Crippen MR) is 93.2 cm³/mol. The molecule has 0 fully saturated rings. The summed E-state index contributed by atoms with van der Waals surface area (Å²) in [6, 6.07) is 14.5. The van der Waals surface area contributed by atoms with E-state index < -0.39 is 11.9 Å². The molecule has 0 atom stereocenters. The van der Waals surface area contributed by atoms with Gasteiger partial charge in [0, 0.05) is 5.69 Å². The summed E-state index contributed by atoms with van der Waals surface area (Å²) in [6.45, 7) is 2.43. The van der Waals surface area contributed by atoms with Crippen molar-refractivity contribution >= 4 is 23.6 Å². The molecule has 0 bridgehead atoms. The van der Waals surface area contributed by atoms with Gasteiger partial charge in [-0.2, -0.15) is 5.26 Å². The van der Waals surface area contributed by atoms with Crippen LogP contribution in [0.15, 0.2) is 54.1 Å². The van der Waals surface area contributed by atoms with Crippen LogP contribution in [0, 0.1) is 11.3 Å². The second kappa shape index (κ2) is 8.31. The number of nitrogens with one attached hydrogen (secondary N) is 1. The Labute approximate surface area is 145 Å². The topological polar surface area (TPSA) is 99.4 Å². The molecule has 0 saturated carbocycles. The molecule has 0 aromatic heterocycles. The summed E-state index contributed by atoms with van der Waals surface area (Å²) in [5.41, 5.74) is 1.14. The first kappa shape index (κ1) is 17.8. The zero-order valence-corrected chi connectivity index (χ0v) is 13.5. The zero-order valence-electron chi connectivity index (χ0n) is 13.5. The fourth-order valence-electron chi connectivity index (χ4n) is 2.04. The molecule has 0 spiro atoms. The van der Waals surface area contributed by atoms with Gasteiger partial charge in [0.15, 0.2) is 0 Å². The molecule has 0 aliphatic heterocycles. The summed E-state index contributed by atoms with van der Waals surface area (Å²) >= 11 is 0. The average Bonchev–Trinajstić information content (AvgIpc) is 2.62. The van der Waals surface area contributed by atoms with Gasteiger partial charge in [0.1, 0.15) is 17.4 Å². The number of carboxylic acid groups (broad SMARTS) is 1. The van der Waals surface area contributed by atoms with E-state index in [0.717, 1.165) is 0 Å². The maximum atomic E-state index is 12.2. The molecular weight excluding hydrogens is 320 g/mol. The molecule has 0 unspecified atom stereocenters. The standard InChI is InChI=1S/C19H16N2O4/c1-2-25-17-9-7-16(8-10-17)21-18(22)15(12-20)11-13-3-5-14(6-4-13)19(23)24/h3-11H,2H2,1H3,(H,21,22)(H,23,24)/b15-11-. The molecule has 0 saturated heterocycles. The fraction of sp³-hybridized carbons (Fsp3) is 0.105. The molecule has 2 N–H and O–H groups in total. The van der Waals surface area contributed by atoms with Gasteiger partial charge in [0.2, 0.25) is 0 Å². The van der Waals surface area contributed by atoms with Crippen molar-refractivity contribution < 1.29 is 19.4 Å². The maximum Gasteiger partial charge on any atom is 0.335 e. The monoisotopic (exact) mass is 336 g/mol. The van der Waals surface area contributed by atoms with Crippen LogP contribution in [0.25, 0.3) is 6.08 Å². The molecule has 126 valence electrons. The van der Waals surface area contributed by atoms with Crippen molar-refractivity contribution in [2.75, 3.05) is 11.9 Å². The highest BCUT2D eigenvalue weighted by Crippen LogP contribution is 2.17. The van der Waals surface area contributed by atoms with Crippen LogP contribution >= 0.6 is 0 Å². The first-order valence-corrected chi connectivity index (χ1v) is 7.53. The lowest BCUT2D eigenvalue weighted by Gasteiger charge is -2.06. The maximum absolute atomic E-state index is 12.2. The summed E-state index contributed by atoms with van der Waals surface area (Å²) in [6.07, 6.45) is 1.40. The molecule has 0 heterocycles. The number of carbonyl (C=O) groups is 2. The lowest BCUT2D eigenvalue weighted by molar-refractivity contribution is -0.112. The number of nitrogens with zero attached hydrogens (tertiary/aromatic N) is 1. The number of ether oxygens (including phenoxy) is 1. The minimum atomic E-state index is -1.04. The van der Waals surface area contributed by atoms with E-state index in [1.54, 1.807) is 24.3 Å². The first-order chi connectivity index (χ1) is 12.0. The van der Waals surface area contributed by atoms with Crippen LogP contribution in [0.4, 0.5) is 5.69 Å². The van der Waals surface area contributed by atoms with E-state index >= 15 is 0 Å². The Balaban J connectivity index is 2.12. The van der Waals surface area contributed by atoms with Gasteiger partial charge in [-0.3, -0.25) is 4.79 Å². The lowest BCUT2D eigenvalue weighted by atomic mass is 10.1. The van der Waals surface area contributed by atoms with Gasteiger partial charge in [-0.25, -0.2) is 4.79 Å². The summed E-state index contributed by atoms with van der Waals surface area (Å²) in [4.78, 5) is 23.0. The number of nitriles is 1. The molecule has 25 heavy (non-hydrogen) atoms. The normalized spacial score (nSPS) is 10.6. The van der Waals surface area contributed by atoms with Crippen molar-refractivity contribution in [3.05, 3.63) is 65.2 Å². The molecule has 2 rings (SSSR count). The highest BCUT2D eigenvalue weighted by Gasteiger charge is 2.10. The van der Waals surface area contributed by atoms with Crippen molar-refractivity contribution in [1.82, 2.24) is 0 Å². The first-order valence-electron chi connectivity index (χ1n) is 7.53. The Bertz CT molecular complexity index is 831. The number of amides is 1.